The fourth-order valence-electron chi connectivity index (χ4n) is 4.66. The predicted molar refractivity (Wildman–Crippen MR) is 180 cm³/mol. The summed E-state index contributed by atoms with van der Waals surface area (Å²) >= 11 is 0. The second-order valence-corrected chi connectivity index (χ2v) is 16.3. The van der Waals surface area contributed by atoms with Crippen molar-refractivity contribution in [1.82, 2.24) is 0 Å². The molecular formula is C28H23N5O14S4. The highest BCUT2D eigenvalue weighted by atomic mass is 32.2. The lowest BCUT2D eigenvalue weighted by Crippen LogP contribution is -2.14. The van der Waals surface area contributed by atoms with Crippen LogP contribution in [0.4, 0.5) is 28.4 Å². The number of azo groups is 2. The van der Waals surface area contributed by atoms with Crippen LogP contribution >= 0.6 is 0 Å². The number of phenols is 2. The van der Waals surface area contributed by atoms with Gasteiger partial charge in [-0.3, -0.25) is 18.2 Å². The van der Waals surface area contributed by atoms with Crippen molar-refractivity contribution in [3.63, 3.8) is 0 Å². The Bertz CT molecular complexity index is 2750. The number of phenolic OH excluding ortho intramolecular Hbond substituents is 2. The molecule has 0 amide bonds. The molecule has 5 aromatic carbocycles. The van der Waals surface area contributed by atoms with E-state index in [2.05, 4.69) is 25.8 Å². The minimum absolute atomic E-state index is 0.0180. The summed E-state index contributed by atoms with van der Waals surface area (Å²) in [5.41, 5.74) is -0.637. The van der Waals surface area contributed by atoms with E-state index >= 15 is 0 Å². The molecule has 0 heterocycles. The van der Waals surface area contributed by atoms with E-state index in [9.17, 15) is 57.5 Å². The van der Waals surface area contributed by atoms with Crippen molar-refractivity contribution in [2.24, 2.45) is 20.5 Å². The molecule has 5 aromatic rings. The molecule has 268 valence electrons. The van der Waals surface area contributed by atoms with Crippen molar-refractivity contribution in [3.05, 3.63) is 72.8 Å². The molecule has 0 atom stereocenters. The average Bonchev–Trinajstić information content (AvgIpc) is 3.01. The van der Waals surface area contributed by atoms with Crippen LogP contribution in [0.25, 0.3) is 21.5 Å². The Morgan fingerprint density at radius 3 is 1.78 bits per heavy atom. The van der Waals surface area contributed by atoms with Gasteiger partial charge in [0.2, 0.25) is 0 Å². The first kappa shape index (κ1) is 37.1. The summed E-state index contributed by atoms with van der Waals surface area (Å²) in [4.78, 5) is -2.41. The standard InChI is InChI=1S/C28H23N5O14S4/c34-24-13-19(31-30-18-4-2-15-9-20(49(39,40)41)14-25(21(15)12-18)50(42,43)44)5-6-23(24)32-33-27-26(51(45,46)47)10-16-1-3-17(11-22(16)28(27)35)29-7-8-48(36,37)38/h1-6,9-14,29,34-35H,7-8H2,(H,36,37,38)(H,39,40,41)(H,42,43,44)(H,45,46,47). The minimum atomic E-state index is -4.98. The topological polar surface area (TPSA) is 319 Å². The molecule has 0 fully saturated rings. The highest BCUT2D eigenvalue weighted by Crippen LogP contribution is 2.43. The Labute approximate surface area is 288 Å². The van der Waals surface area contributed by atoms with Gasteiger partial charge in [0, 0.05) is 29.1 Å². The first-order valence-electron chi connectivity index (χ1n) is 13.8. The Kier molecular flexibility index (Phi) is 9.85. The molecule has 0 aliphatic carbocycles. The molecule has 0 aromatic heterocycles. The molecule has 0 unspecified atom stereocenters. The summed E-state index contributed by atoms with van der Waals surface area (Å²) in [5, 5.41) is 39.7. The van der Waals surface area contributed by atoms with Crippen LogP contribution in [0, 0.1) is 0 Å². The number of aromatic hydroxyl groups is 2. The third-order valence-corrected chi connectivity index (χ3v) is 10.3. The molecule has 19 nitrogen and oxygen atoms in total. The van der Waals surface area contributed by atoms with Gasteiger partial charge in [0.1, 0.15) is 26.9 Å². The van der Waals surface area contributed by atoms with E-state index in [1.54, 1.807) is 0 Å². The summed E-state index contributed by atoms with van der Waals surface area (Å²) < 4.78 is 131. The minimum Gasteiger partial charge on any atom is -0.506 e. The van der Waals surface area contributed by atoms with Gasteiger partial charge in [-0.15, -0.1) is 10.2 Å². The van der Waals surface area contributed by atoms with E-state index in [0.29, 0.717) is 6.07 Å². The van der Waals surface area contributed by atoms with E-state index < -0.39 is 78.1 Å². The molecule has 23 heteroatoms. The quantitative estimate of drug-likeness (QED) is 0.0662. The molecular weight excluding hydrogens is 759 g/mol. The third-order valence-electron chi connectivity index (χ3n) is 6.97. The van der Waals surface area contributed by atoms with E-state index in [1.807, 2.05) is 0 Å². The molecule has 0 bridgehead atoms. The average molecular weight is 782 g/mol. The molecule has 51 heavy (non-hydrogen) atoms. The van der Waals surface area contributed by atoms with Gasteiger partial charge in [-0.25, -0.2) is 0 Å². The molecule has 0 aliphatic heterocycles. The van der Waals surface area contributed by atoms with Crippen molar-refractivity contribution in [2.45, 2.75) is 14.7 Å². The maximum atomic E-state index is 12.2. The van der Waals surface area contributed by atoms with Gasteiger partial charge in [-0.05, 0) is 65.4 Å². The first-order chi connectivity index (χ1) is 23.6. The SMILES string of the molecule is O=S(=O)(O)CCNc1ccc2cc(S(=O)(=O)O)c(N=Nc3ccc(N=Nc4ccc5cc(S(=O)(=O)O)cc(S(=O)(=O)O)c5c4)cc3O)c(O)c2c1. The molecule has 0 radical (unpaired) electrons. The Morgan fingerprint density at radius 1 is 0.569 bits per heavy atom. The summed E-state index contributed by atoms with van der Waals surface area (Å²) in [6, 6.07) is 14.0. The van der Waals surface area contributed by atoms with Crippen molar-refractivity contribution >= 4 is 90.5 Å². The normalized spacial score (nSPS) is 13.1. The summed E-state index contributed by atoms with van der Waals surface area (Å²) in [7, 11) is -19.0. The third kappa shape index (κ3) is 8.78. The lowest BCUT2D eigenvalue weighted by atomic mass is 10.1. The largest absolute Gasteiger partial charge is 0.506 e. The van der Waals surface area contributed by atoms with E-state index in [4.69, 9.17) is 4.55 Å². The zero-order chi connectivity index (χ0) is 37.5. The van der Waals surface area contributed by atoms with Crippen LogP contribution in [-0.2, 0) is 40.5 Å². The fraction of sp³-hybridized carbons (Fsp3) is 0.0714. The number of fused-ring (bicyclic) bond motifs is 2. The lowest BCUT2D eigenvalue weighted by Gasteiger charge is -2.11. The Hall–Kier alpha value is -5.14. The number of anilines is 1. The van der Waals surface area contributed by atoms with Crippen LogP contribution in [0.1, 0.15) is 0 Å². The van der Waals surface area contributed by atoms with Gasteiger partial charge < -0.3 is 15.5 Å². The van der Waals surface area contributed by atoms with Crippen molar-refractivity contribution in [3.8, 4) is 11.5 Å². The summed E-state index contributed by atoms with van der Waals surface area (Å²) in [6.45, 7) is -0.201. The van der Waals surface area contributed by atoms with Gasteiger partial charge >= 0.3 is 0 Å². The number of hydrogen-bond donors (Lipinski definition) is 7. The van der Waals surface area contributed by atoms with Gasteiger partial charge in [0.05, 0.1) is 22.0 Å². The maximum absolute atomic E-state index is 12.2. The predicted octanol–water partition coefficient (Wildman–Crippen LogP) is 5.27. The zero-order valence-electron chi connectivity index (χ0n) is 25.2. The molecule has 0 saturated heterocycles. The monoisotopic (exact) mass is 781 g/mol. The van der Waals surface area contributed by atoms with Gasteiger partial charge in [0.25, 0.3) is 40.5 Å². The van der Waals surface area contributed by atoms with Crippen molar-refractivity contribution in [1.29, 1.82) is 0 Å². The molecule has 5 rings (SSSR count). The number of rotatable bonds is 11. The number of nitrogens with one attached hydrogen (secondary N) is 1. The van der Waals surface area contributed by atoms with Crippen LogP contribution < -0.4 is 5.32 Å². The van der Waals surface area contributed by atoms with Crippen molar-refractivity contribution in [2.75, 3.05) is 17.6 Å². The van der Waals surface area contributed by atoms with Crippen LogP contribution in [0.5, 0.6) is 11.5 Å². The maximum Gasteiger partial charge on any atom is 0.296 e. The van der Waals surface area contributed by atoms with Gasteiger partial charge in [-0.2, -0.15) is 43.9 Å². The highest BCUT2D eigenvalue weighted by molar-refractivity contribution is 7.87. The van der Waals surface area contributed by atoms with Crippen LogP contribution in [-0.4, -0.2) is 74.4 Å². The lowest BCUT2D eigenvalue weighted by molar-refractivity contribution is 0.471. The number of nitrogens with zero attached hydrogens (tertiary/aromatic N) is 4. The van der Waals surface area contributed by atoms with Crippen LogP contribution in [0.2, 0.25) is 0 Å². The summed E-state index contributed by atoms with van der Waals surface area (Å²) in [6.07, 6.45) is 0. The second-order valence-electron chi connectivity index (χ2n) is 10.5. The van der Waals surface area contributed by atoms with E-state index in [-0.39, 0.29) is 50.8 Å². The van der Waals surface area contributed by atoms with E-state index in [0.717, 1.165) is 18.2 Å². The summed E-state index contributed by atoms with van der Waals surface area (Å²) in [5.74, 6) is -1.92. The first-order valence-corrected chi connectivity index (χ1v) is 19.7. The number of benzene rings is 5. The van der Waals surface area contributed by atoms with Gasteiger partial charge in [0.15, 0.2) is 5.75 Å². The molecule has 0 aliphatic rings. The molecule has 7 N–H and O–H groups in total. The second kappa shape index (κ2) is 13.5. The Balaban J connectivity index is 1.45. The fourth-order valence-corrected chi connectivity index (χ4v) is 7.02. The molecule has 0 saturated carbocycles. The molecule has 0 spiro atoms. The van der Waals surface area contributed by atoms with Crippen LogP contribution in [0.15, 0.2) is 108 Å². The van der Waals surface area contributed by atoms with Gasteiger partial charge in [-0.1, -0.05) is 12.1 Å². The van der Waals surface area contributed by atoms with E-state index in [1.165, 1.54) is 48.5 Å². The van der Waals surface area contributed by atoms with Crippen LogP contribution in [0.3, 0.4) is 0 Å². The van der Waals surface area contributed by atoms with Crippen molar-refractivity contribution < 1.29 is 62.1 Å². The number of hydrogen-bond acceptors (Lipinski definition) is 15. The highest BCUT2D eigenvalue weighted by Gasteiger charge is 2.23. The Morgan fingerprint density at radius 2 is 1.18 bits per heavy atom. The zero-order valence-corrected chi connectivity index (χ0v) is 28.5. The smallest absolute Gasteiger partial charge is 0.296 e.